The van der Waals surface area contributed by atoms with Crippen LogP contribution in [0.1, 0.15) is 10.4 Å². The molecule has 0 atom stereocenters. The Labute approximate surface area is 128 Å². The number of halogens is 3. The summed E-state index contributed by atoms with van der Waals surface area (Å²) >= 11 is 15.0. The molecule has 0 saturated heterocycles. The number of nitrogen functional groups attached to an aromatic ring is 1. The first-order valence-corrected chi connectivity index (χ1v) is 6.70. The number of anilines is 2. The molecule has 1 aromatic carbocycles. The van der Waals surface area contributed by atoms with E-state index in [1.807, 2.05) is 0 Å². The van der Waals surface area contributed by atoms with Crippen LogP contribution in [0.5, 0.6) is 0 Å². The van der Waals surface area contributed by atoms with Gasteiger partial charge in [-0.05, 0) is 34.1 Å². The van der Waals surface area contributed by atoms with Crippen molar-refractivity contribution in [2.75, 3.05) is 11.1 Å². The number of carbonyl (C=O) groups is 1. The van der Waals surface area contributed by atoms with Crippen molar-refractivity contribution in [1.82, 2.24) is 4.98 Å². The molecular formula is C12H8BrCl2N3O. The van der Waals surface area contributed by atoms with E-state index in [4.69, 9.17) is 28.9 Å². The van der Waals surface area contributed by atoms with Gasteiger partial charge in [-0.3, -0.25) is 4.79 Å². The quantitative estimate of drug-likeness (QED) is 0.628. The van der Waals surface area contributed by atoms with Gasteiger partial charge in [-0.1, -0.05) is 29.3 Å². The van der Waals surface area contributed by atoms with Crippen molar-refractivity contribution in [3.63, 3.8) is 0 Å². The zero-order valence-corrected chi connectivity index (χ0v) is 12.6. The summed E-state index contributed by atoms with van der Waals surface area (Å²) in [5.41, 5.74) is 6.65. The molecule has 0 aliphatic rings. The van der Waals surface area contributed by atoms with E-state index in [-0.39, 0.29) is 16.4 Å². The van der Waals surface area contributed by atoms with Gasteiger partial charge in [0, 0.05) is 10.7 Å². The lowest BCUT2D eigenvalue weighted by Gasteiger charge is -2.09. The molecule has 2 aromatic rings. The first kappa shape index (κ1) is 14.1. The molecule has 0 spiro atoms. The highest BCUT2D eigenvalue weighted by atomic mass is 79.9. The highest BCUT2D eigenvalue weighted by Gasteiger charge is 2.13. The Morgan fingerprint density at radius 2 is 2.11 bits per heavy atom. The van der Waals surface area contributed by atoms with Crippen molar-refractivity contribution in [3.05, 3.63) is 50.7 Å². The molecule has 1 heterocycles. The van der Waals surface area contributed by atoms with E-state index in [9.17, 15) is 4.79 Å². The van der Waals surface area contributed by atoms with Crippen LogP contribution in [0.15, 0.2) is 34.9 Å². The van der Waals surface area contributed by atoms with E-state index in [1.54, 1.807) is 24.3 Å². The lowest BCUT2D eigenvalue weighted by molar-refractivity contribution is 0.102. The Balaban J connectivity index is 2.31. The number of aromatic nitrogens is 1. The van der Waals surface area contributed by atoms with Crippen LogP contribution in [0.25, 0.3) is 0 Å². The number of nitrogens with two attached hydrogens (primary N) is 1. The number of carbonyl (C=O) groups excluding carboxylic acids is 1. The lowest BCUT2D eigenvalue weighted by atomic mass is 10.1. The van der Waals surface area contributed by atoms with E-state index in [0.29, 0.717) is 15.2 Å². The van der Waals surface area contributed by atoms with E-state index in [2.05, 4.69) is 26.2 Å². The molecule has 0 aliphatic heterocycles. The topological polar surface area (TPSA) is 68.0 Å². The smallest absolute Gasteiger partial charge is 0.257 e. The number of nitrogens with zero attached hydrogens (tertiary/aromatic N) is 1. The van der Waals surface area contributed by atoms with Gasteiger partial charge in [0.1, 0.15) is 0 Å². The fourth-order valence-electron chi connectivity index (χ4n) is 1.43. The van der Waals surface area contributed by atoms with E-state index in [1.165, 1.54) is 6.20 Å². The maximum atomic E-state index is 12.1. The normalized spacial score (nSPS) is 10.3. The van der Waals surface area contributed by atoms with E-state index < -0.39 is 5.91 Å². The number of benzene rings is 1. The molecule has 0 bridgehead atoms. The molecule has 7 heteroatoms. The monoisotopic (exact) mass is 359 g/mol. The van der Waals surface area contributed by atoms with Gasteiger partial charge in [0.2, 0.25) is 0 Å². The second kappa shape index (κ2) is 5.77. The van der Waals surface area contributed by atoms with Crippen LogP contribution in [0.4, 0.5) is 11.4 Å². The molecule has 3 N–H and O–H groups in total. The molecule has 98 valence electrons. The van der Waals surface area contributed by atoms with Crippen LogP contribution in [0, 0.1) is 0 Å². The SMILES string of the molecule is Nc1c(Cl)cccc1C(=O)Nc1cc(Br)cnc1Cl. The van der Waals surface area contributed by atoms with Crippen LogP contribution in [-0.2, 0) is 0 Å². The Hall–Kier alpha value is -1.30. The minimum atomic E-state index is -0.401. The second-order valence-corrected chi connectivity index (χ2v) is 5.33. The highest BCUT2D eigenvalue weighted by Crippen LogP contribution is 2.26. The molecule has 0 radical (unpaired) electrons. The van der Waals surface area contributed by atoms with Crippen LogP contribution in [-0.4, -0.2) is 10.9 Å². The van der Waals surface area contributed by atoms with Gasteiger partial charge in [-0.15, -0.1) is 0 Å². The number of rotatable bonds is 2. The summed E-state index contributed by atoms with van der Waals surface area (Å²) in [6.45, 7) is 0. The molecule has 0 aliphatic carbocycles. The zero-order valence-electron chi connectivity index (χ0n) is 9.45. The molecule has 0 unspecified atom stereocenters. The third-order valence-corrected chi connectivity index (χ3v) is 3.42. The number of amides is 1. The second-order valence-electron chi connectivity index (χ2n) is 3.65. The maximum absolute atomic E-state index is 12.1. The zero-order chi connectivity index (χ0) is 14.0. The standard InChI is InChI=1S/C12H8BrCl2N3O/c13-6-4-9(11(15)17-5-6)18-12(19)7-2-1-3-8(14)10(7)16/h1-5H,16H2,(H,18,19). The van der Waals surface area contributed by atoms with Crippen molar-refractivity contribution < 1.29 is 4.79 Å². The van der Waals surface area contributed by atoms with Crippen molar-refractivity contribution in [2.45, 2.75) is 0 Å². The lowest BCUT2D eigenvalue weighted by Crippen LogP contribution is -2.14. The Kier molecular flexibility index (Phi) is 4.29. The molecule has 4 nitrogen and oxygen atoms in total. The number of hydrogen-bond acceptors (Lipinski definition) is 3. The minimum absolute atomic E-state index is 0.192. The summed E-state index contributed by atoms with van der Waals surface area (Å²) < 4.78 is 0.700. The third-order valence-electron chi connectivity index (χ3n) is 2.35. The van der Waals surface area contributed by atoms with Gasteiger partial charge in [-0.2, -0.15) is 0 Å². The van der Waals surface area contributed by atoms with Crippen LogP contribution < -0.4 is 11.1 Å². The predicted molar refractivity (Wildman–Crippen MR) is 80.8 cm³/mol. The third kappa shape index (κ3) is 3.18. The molecule has 19 heavy (non-hydrogen) atoms. The highest BCUT2D eigenvalue weighted by molar-refractivity contribution is 9.10. The molecule has 0 saturated carbocycles. The first-order valence-electron chi connectivity index (χ1n) is 5.15. The van der Waals surface area contributed by atoms with Crippen molar-refractivity contribution in [1.29, 1.82) is 0 Å². The van der Waals surface area contributed by atoms with Crippen LogP contribution in [0.2, 0.25) is 10.2 Å². The van der Waals surface area contributed by atoms with Crippen molar-refractivity contribution >= 4 is 56.4 Å². The molecular weight excluding hydrogens is 353 g/mol. The Morgan fingerprint density at radius 1 is 1.37 bits per heavy atom. The number of para-hydroxylation sites is 1. The van der Waals surface area contributed by atoms with E-state index in [0.717, 1.165) is 0 Å². The van der Waals surface area contributed by atoms with Crippen molar-refractivity contribution in [2.24, 2.45) is 0 Å². The van der Waals surface area contributed by atoms with E-state index >= 15 is 0 Å². The predicted octanol–water partition coefficient (Wildman–Crippen LogP) is 3.99. The summed E-state index contributed by atoms with van der Waals surface area (Å²) in [6, 6.07) is 6.49. The first-order chi connectivity index (χ1) is 8.99. The molecule has 0 fully saturated rings. The Bertz CT molecular complexity index is 649. The number of nitrogens with one attached hydrogen (secondary N) is 1. The minimum Gasteiger partial charge on any atom is -0.397 e. The summed E-state index contributed by atoms with van der Waals surface area (Å²) in [7, 11) is 0. The molecule has 2 rings (SSSR count). The van der Waals surface area contributed by atoms with Gasteiger partial charge in [0.25, 0.3) is 5.91 Å². The van der Waals surface area contributed by atoms with Gasteiger partial charge in [0.15, 0.2) is 5.15 Å². The maximum Gasteiger partial charge on any atom is 0.257 e. The molecule has 1 amide bonds. The fraction of sp³-hybridized carbons (Fsp3) is 0. The fourth-order valence-corrected chi connectivity index (χ4v) is 2.09. The average Bonchev–Trinajstić information content (AvgIpc) is 2.37. The van der Waals surface area contributed by atoms with Gasteiger partial charge in [-0.25, -0.2) is 4.98 Å². The summed E-state index contributed by atoms with van der Waals surface area (Å²) in [6.07, 6.45) is 1.53. The van der Waals surface area contributed by atoms with Gasteiger partial charge < -0.3 is 11.1 Å². The van der Waals surface area contributed by atoms with Crippen LogP contribution in [0.3, 0.4) is 0 Å². The largest absolute Gasteiger partial charge is 0.397 e. The van der Waals surface area contributed by atoms with Gasteiger partial charge >= 0.3 is 0 Å². The summed E-state index contributed by atoms with van der Waals surface area (Å²) in [5, 5.41) is 3.15. The van der Waals surface area contributed by atoms with Crippen LogP contribution >= 0.6 is 39.1 Å². The number of pyridine rings is 1. The van der Waals surface area contributed by atoms with Crippen molar-refractivity contribution in [3.8, 4) is 0 Å². The molecule has 1 aromatic heterocycles. The Morgan fingerprint density at radius 3 is 2.84 bits per heavy atom. The average molecular weight is 361 g/mol. The van der Waals surface area contributed by atoms with Gasteiger partial charge in [0.05, 0.1) is 22.0 Å². The number of hydrogen-bond donors (Lipinski definition) is 2. The summed E-state index contributed by atoms with van der Waals surface area (Å²) in [4.78, 5) is 16.0. The summed E-state index contributed by atoms with van der Waals surface area (Å²) in [5.74, 6) is -0.401.